The van der Waals surface area contributed by atoms with Crippen LogP contribution in [-0.2, 0) is 4.79 Å². The van der Waals surface area contributed by atoms with Crippen LogP contribution in [0.3, 0.4) is 0 Å². The Morgan fingerprint density at radius 2 is 1.96 bits per heavy atom. The first-order valence-electron chi connectivity index (χ1n) is 10.1. The zero-order chi connectivity index (χ0) is 19.7. The van der Waals surface area contributed by atoms with Crippen molar-refractivity contribution in [3.05, 3.63) is 70.2 Å². The van der Waals surface area contributed by atoms with Gasteiger partial charge in [-0.2, -0.15) is 0 Å². The van der Waals surface area contributed by atoms with Crippen LogP contribution in [0.1, 0.15) is 66.1 Å². The smallest absolute Gasteiger partial charge is 0.254 e. The molecular formula is C23H25ClN2O2. The van der Waals surface area contributed by atoms with Crippen LogP contribution < -0.4 is 5.32 Å². The van der Waals surface area contributed by atoms with E-state index in [4.69, 9.17) is 11.6 Å². The highest BCUT2D eigenvalue weighted by atomic mass is 35.5. The van der Waals surface area contributed by atoms with Gasteiger partial charge in [-0.1, -0.05) is 55.3 Å². The number of unbranched alkanes of at least 4 members (excludes halogenated alkanes) is 1. The molecule has 28 heavy (non-hydrogen) atoms. The molecule has 4 nitrogen and oxygen atoms in total. The number of halogens is 1. The van der Waals surface area contributed by atoms with Gasteiger partial charge in [0.05, 0.1) is 12.0 Å². The van der Waals surface area contributed by atoms with Crippen molar-refractivity contribution in [1.29, 1.82) is 0 Å². The Bertz CT molecular complexity index is 894. The van der Waals surface area contributed by atoms with Crippen molar-refractivity contribution >= 4 is 23.4 Å². The molecule has 0 radical (unpaired) electrons. The van der Waals surface area contributed by atoms with Crippen LogP contribution in [0.25, 0.3) is 0 Å². The molecule has 1 aliphatic carbocycles. The van der Waals surface area contributed by atoms with Crippen LogP contribution in [-0.4, -0.2) is 29.3 Å². The number of benzene rings is 2. The topological polar surface area (TPSA) is 49.4 Å². The number of carbonyl (C=O) groups is 2. The molecular weight excluding hydrogens is 372 g/mol. The van der Waals surface area contributed by atoms with Gasteiger partial charge in [-0.15, -0.1) is 0 Å². The Labute approximate surface area is 170 Å². The quantitative estimate of drug-likeness (QED) is 0.769. The third-order valence-electron chi connectivity index (χ3n) is 5.59. The van der Waals surface area contributed by atoms with Crippen molar-refractivity contribution in [2.24, 2.45) is 0 Å². The summed E-state index contributed by atoms with van der Waals surface area (Å²) in [5.41, 5.74) is 2.35. The lowest BCUT2D eigenvalue weighted by molar-refractivity contribution is -0.124. The Morgan fingerprint density at radius 1 is 1.18 bits per heavy atom. The summed E-state index contributed by atoms with van der Waals surface area (Å²) in [6.07, 6.45) is 3.93. The lowest BCUT2D eigenvalue weighted by Crippen LogP contribution is -2.48. The lowest BCUT2D eigenvalue weighted by atomic mass is 9.79. The van der Waals surface area contributed by atoms with Gasteiger partial charge in [0.1, 0.15) is 0 Å². The summed E-state index contributed by atoms with van der Waals surface area (Å²) in [6.45, 7) is 2.72. The molecule has 5 heteroatoms. The van der Waals surface area contributed by atoms with E-state index in [0.29, 0.717) is 17.1 Å². The van der Waals surface area contributed by atoms with Gasteiger partial charge in [0.2, 0.25) is 5.91 Å². The molecule has 2 aromatic carbocycles. The third-order valence-corrected chi connectivity index (χ3v) is 5.82. The first-order chi connectivity index (χ1) is 13.6. The first kappa shape index (κ1) is 19.0. The molecule has 0 saturated heterocycles. The van der Waals surface area contributed by atoms with Gasteiger partial charge in [-0.05, 0) is 48.6 Å². The highest BCUT2D eigenvalue weighted by Gasteiger charge is 2.44. The van der Waals surface area contributed by atoms with Gasteiger partial charge in [-0.25, -0.2) is 0 Å². The van der Waals surface area contributed by atoms with Gasteiger partial charge >= 0.3 is 0 Å². The number of fused-ring (bicyclic) bond motifs is 1. The molecule has 2 atom stereocenters. The molecule has 0 bridgehead atoms. The standard InChI is InChI=1S/C23H25ClN2O2/c1-2-3-13-26-21(15-7-6-8-16(24)14-15)20(22(27)25-17-11-12-17)18-9-4-5-10-19(18)23(26)28/h4-10,14,17,20-21H,2-3,11-13H2,1H3,(H,25,27)/t20-,21+/m1/s1. The Kier molecular flexibility index (Phi) is 5.40. The second-order valence-electron chi connectivity index (χ2n) is 7.70. The average Bonchev–Trinajstić information content (AvgIpc) is 3.51. The van der Waals surface area contributed by atoms with Crippen molar-refractivity contribution < 1.29 is 9.59 Å². The highest BCUT2D eigenvalue weighted by Crippen LogP contribution is 2.43. The fourth-order valence-corrected chi connectivity index (χ4v) is 4.23. The predicted octanol–water partition coefficient (Wildman–Crippen LogP) is 4.70. The summed E-state index contributed by atoms with van der Waals surface area (Å²) in [6, 6.07) is 15.0. The molecule has 146 valence electrons. The van der Waals surface area contributed by atoms with Crippen molar-refractivity contribution in [3.8, 4) is 0 Å². The zero-order valence-corrected chi connectivity index (χ0v) is 16.8. The molecule has 1 heterocycles. The van der Waals surface area contributed by atoms with Crippen LogP contribution >= 0.6 is 11.6 Å². The number of nitrogens with zero attached hydrogens (tertiary/aromatic N) is 1. The fraction of sp³-hybridized carbons (Fsp3) is 0.391. The number of nitrogens with one attached hydrogen (secondary N) is 1. The summed E-state index contributed by atoms with van der Waals surface area (Å²) in [4.78, 5) is 28.5. The van der Waals surface area contributed by atoms with E-state index in [1.54, 1.807) is 0 Å². The number of carbonyl (C=O) groups excluding carboxylic acids is 2. The van der Waals surface area contributed by atoms with Crippen molar-refractivity contribution in [1.82, 2.24) is 10.2 Å². The normalized spacial score (nSPS) is 21.4. The molecule has 1 aliphatic heterocycles. The van der Waals surface area contributed by atoms with E-state index < -0.39 is 5.92 Å². The van der Waals surface area contributed by atoms with E-state index in [2.05, 4.69) is 12.2 Å². The number of rotatable bonds is 6. The van der Waals surface area contributed by atoms with E-state index in [-0.39, 0.29) is 23.9 Å². The SMILES string of the molecule is CCCCN1C(=O)c2ccccc2[C@@H](C(=O)NC2CC2)[C@@H]1c1cccc(Cl)c1. The fourth-order valence-electron chi connectivity index (χ4n) is 4.03. The Hall–Kier alpha value is -2.33. The second-order valence-corrected chi connectivity index (χ2v) is 8.14. The van der Waals surface area contributed by atoms with Gasteiger partial charge in [-0.3, -0.25) is 9.59 Å². The molecule has 1 N–H and O–H groups in total. The monoisotopic (exact) mass is 396 g/mol. The minimum absolute atomic E-state index is 0.00563. The van der Waals surface area contributed by atoms with Crippen LogP contribution in [0, 0.1) is 0 Å². The average molecular weight is 397 g/mol. The molecule has 0 unspecified atom stereocenters. The van der Waals surface area contributed by atoms with Gasteiger partial charge in [0.25, 0.3) is 5.91 Å². The molecule has 4 rings (SSSR count). The third kappa shape index (κ3) is 3.66. The van der Waals surface area contributed by atoms with Gasteiger partial charge in [0, 0.05) is 23.2 Å². The van der Waals surface area contributed by atoms with Gasteiger partial charge < -0.3 is 10.2 Å². The molecule has 0 aromatic heterocycles. The van der Waals surface area contributed by atoms with E-state index >= 15 is 0 Å². The summed E-state index contributed by atoms with van der Waals surface area (Å²) >= 11 is 6.27. The second kappa shape index (κ2) is 7.96. The summed E-state index contributed by atoms with van der Waals surface area (Å²) < 4.78 is 0. The maximum absolute atomic E-state index is 13.4. The van der Waals surface area contributed by atoms with E-state index in [9.17, 15) is 9.59 Å². The molecule has 1 fully saturated rings. The Balaban J connectivity index is 1.84. The number of hydrogen-bond acceptors (Lipinski definition) is 2. The maximum Gasteiger partial charge on any atom is 0.254 e. The minimum atomic E-state index is -0.440. The van der Waals surface area contributed by atoms with E-state index in [0.717, 1.165) is 36.8 Å². The molecule has 0 spiro atoms. The minimum Gasteiger partial charge on any atom is -0.353 e. The first-order valence-corrected chi connectivity index (χ1v) is 10.4. The van der Waals surface area contributed by atoms with Crippen molar-refractivity contribution in [3.63, 3.8) is 0 Å². The molecule has 2 amide bonds. The van der Waals surface area contributed by atoms with Crippen molar-refractivity contribution in [2.45, 2.75) is 50.6 Å². The molecule has 2 aromatic rings. The van der Waals surface area contributed by atoms with E-state index in [1.165, 1.54) is 0 Å². The summed E-state index contributed by atoms with van der Waals surface area (Å²) in [5.74, 6) is -0.455. The highest BCUT2D eigenvalue weighted by molar-refractivity contribution is 6.30. The molecule has 1 saturated carbocycles. The van der Waals surface area contributed by atoms with Crippen LogP contribution in [0.4, 0.5) is 0 Å². The van der Waals surface area contributed by atoms with Crippen LogP contribution in [0.15, 0.2) is 48.5 Å². The summed E-state index contributed by atoms with van der Waals surface area (Å²) in [5, 5.41) is 3.77. The lowest BCUT2D eigenvalue weighted by Gasteiger charge is -2.42. The Morgan fingerprint density at radius 3 is 2.68 bits per heavy atom. The van der Waals surface area contributed by atoms with Gasteiger partial charge in [0.15, 0.2) is 0 Å². The van der Waals surface area contributed by atoms with Crippen LogP contribution in [0.5, 0.6) is 0 Å². The predicted molar refractivity (Wildman–Crippen MR) is 110 cm³/mol. The largest absolute Gasteiger partial charge is 0.353 e. The van der Waals surface area contributed by atoms with E-state index in [1.807, 2.05) is 53.4 Å². The number of amides is 2. The zero-order valence-electron chi connectivity index (χ0n) is 16.0. The summed E-state index contributed by atoms with van der Waals surface area (Å²) in [7, 11) is 0. The number of hydrogen-bond donors (Lipinski definition) is 1. The van der Waals surface area contributed by atoms with Crippen molar-refractivity contribution in [2.75, 3.05) is 6.54 Å². The molecule has 2 aliphatic rings. The van der Waals surface area contributed by atoms with Crippen LogP contribution in [0.2, 0.25) is 5.02 Å². The maximum atomic E-state index is 13.4.